The van der Waals surface area contributed by atoms with Gasteiger partial charge < -0.3 is 5.32 Å². The third-order valence-corrected chi connectivity index (χ3v) is 4.81. The molecule has 1 heterocycles. The Kier molecular flexibility index (Phi) is 5.63. The Morgan fingerprint density at radius 3 is 2.54 bits per heavy atom. The van der Waals surface area contributed by atoms with Gasteiger partial charge in [-0.05, 0) is 30.4 Å². The van der Waals surface area contributed by atoms with Crippen LogP contribution in [0.4, 0.5) is 0 Å². The molecule has 3 rings (SSSR count). The lowest BCUT2D eigenvalue weighted by Crippen LogP contribution is -2.48. The summed E-state index contributed by atoms with van der Waals surface area (Å²) in [4.78, 5) is 2.27. The molecule has 0 saturated carbocycles. The molecule has 1 fully saturated rings. The van der Waals surface area contributed by atoms with Crippen molar-refractivity contribution in [1.29, 1.82) is 5.26 Å². The SMILES string of the molecule is Cc1ccc(C2CC(NCc3ccccc3)CN(CC#N)C2)cc1. The molecule has 1 aliphatic heterocycles. The predicted octanol–water partition coefficient (Wildman–Crippen LogP) is 3.47. The molecule has 0 bridgehead atoms. The fourth-order valence-corrected chi connectivity index (χ4v) is 3.51. The molecule has 3 nitrogen and oxygen atoms in total. The Balaban J connectivity index is 1.67. The van der Waals surface area contributed by atoms with Crippen molar-refractivity contribution in [2.75, 3.05) is 19.6 Å². The Hall–Kier alpha value is -2.15. The van der Waals surface area contributed by atoms with Crippen LogP contribution in [0.2, 0.25) is 0 Å². The maximum absolute atomic E-state index is 9.09. The molecule has 2 atom stereocenters. The van der Waals surface area contributed by atoms with Crippen molar-refractivity contribution in [3.05, 3.63) is 71.3 Å². The second-order valence-corrected chi connectivity index (χ2v) is 6.76. The van der Waals surface area contributed by atoms with Crippen LogP contribution in [-0.2, 0) is 6.54 Å². The summed E-state index contributed by atoms with van der Waals surface area (Å²) in [5.41, 5.74) is 3.98. The molecule has 124 valence electrons. The standard InChI is InChI=1S/C21H25N3/c1-17-7-9-19(10-8-17)20-13-21(16-24(15-20)12-11-22)23-14-18-5-3-2-4-6-18/h2-10,20-21,23H,12-16H2,1H3. The average Bonchev–Trinajstić information content (AvgIpc) is 2.62. The molecule has 24 heavy (non-hydrogen) atoms. The van der Waals surface area contributed by atoms with E-state index in [-0.39, 0.29) is 0 Å². The quantitative estimate of drug-likeness (QED) is 0.858. The summed E-state index contributed by atoms with van der Waals surface area (Å²) < 4.78 is 0. The number of hydrogen-bond acceptors (Lipinski definition) is 3. The van der Waals surface area contributed by atoms with Crippen molar-refractivity contribution < 1.29 is 0 Å². The zero-order valence-electron chi connectivity index (χ0n) is 14.3. The monoisotopic (exact) mass is 319 g/mol. The van der Waals surface area contributed by atoms with E-state index in [1.807, 2.05) is 6.07 Å². The smallest absolute Gasteiger partial charge is 0.0866 e. The van der Waals surface area contributed by atoms with Crippen molar-refractivity contribution in [3.8, 4) is 6.07 Å². The van der Waals surface area contributed by atoms with Gasteiger partial charge in [0.1, 0.15) is 0 Å². The van der Waals surface area contributed by atoms with E-state index in [2.05, 4.69) is 71.7 Å². The van der Waals surface area contributed by atoms with Crippen molar-refractivity contribution in [2.24, 2.45) is 0 Å². The van der Waals surface area contributed by atoms with Crippen molar-refractivity contribution in [1.82, 2.24) is 10.2 Å². The number of rotatable bonds is 5. The molecule has 2 aromatic rings. The molecule has 0 aliphatic carbocycles. The van der Waals surface area contributed by atoms with E-state index in [1.54, 1.807) is 0 Å². The molecular formula is C21H25N3. The molecule has 2 aromatic carbocycles. The summed E-state index contributed by atoms with van der Waals surface area (Å²) in [6, 6.07) is 22.1. The van der Waals surface area contributed by atoms with Gasteiger partial charge in [0.2, 0.25) is 0 Å². The van der Waals surface area contributed by atoms with Crippen LogP contribution in [0.15, 0.2) is 54.6 Å². The van der Waals surface area contributed by atoms with Gasteiger partial charge >= 0.3 is 0 Å². The first-order valence-electron chi connectivity index (χ1n) is 8.68. The zero-order chi connectivity index (χ0) is 16.8. The van der Waals surface area contributed by atoms with E-state index in [0.29, 0.717) is 18.5 Å². The number of aryl methyl sites for hydroxylation is 1. The third kappa shape index (κ3) is 4.44. The lowest BCUT2D eigenvalue weighted by molar-refractivity contribution is 0.188. The summed E-state index contributed by atoms with van der Waals surface area (Å²) in [7, 11) is 0. The van der Waals surface area contributed by atoms with Crippen molar-refractivity contribution in [2.45, 2.75) is 31.8 Å². The first-order chi connectivity index (χ1) is 11.7. The van der Waals surface area contributed by atoms with E-state index in [9.17, 15) is 0 Å². The van der Waals surface area contributed by atoms with Crippen LogP contribution < -0.4 is 5.32 Å². The van der Waals surface area contributed by atoms with E-state index < -0.39 is 0 Å². The van der Waals surface area contributed by atoms with Crippen LogP contribution in [0.5, 0.6) is 0 Å². The summed E-state index contributed by atoms with van der Waals surface area (Å²) in [5, 5.41) is 12.8. The Bertz CT molecular complexity index is 672. The van der Waals surface area contributed by atoms with Gasteiger partial charge in [-0.2, -0.15) is 5.26 Å². The van der Waals surface area contributed by atoms with Gasteiger partial charge in [-0.15, -0.1) is 0 Å². The third-order valence-electron chi connectivity index (χ3n) is 4.81. The minimum absolute atomic E-state index is 0.415. The van der Waals surface area contributed by atoms with Crippen LogP contribution in [0.3, 0.4) is 0 Å². The van der Waals surface area contributed by atoms with E-state index >= 15 is 0 Å². The highest BCUT2D eigenvalue weighted by Crippen LogP contribution is 2.27. The van der Waals surface area contributed by atoms with Crippen LogP contribution >= 0.6 is 0 Å². The van der Waals surface area contributed by atoms with Gasteiger partial charge in [0.05, 0.1) is 12.6 Å². The number of nitriles is 1. The number of piperidine rings is 1. The first-order valence-corrected chi connectivity index (χ1v) is 8.68. The molecule has 0 spiro atoms. The summed E-state index contributed by atoms with van der Waals surface area (Å²) in [5.74, 6) is 0.487. The topological polar surface area (TPSA) is 39.1 Å². The summed E-state index contributed by atoms with van der Waals surface area (Å²) in [6.07, 6.45) is 1.12. The van der Waals surface area contributed by atoms with E-state index in [4.69, 9.17) is 5.26 Å². The minimum atomic E-state index is 0.415. The van der Waals surface area contributed by atoms with E-state index in [0.717, 1.165) is 26.1 Å². The molecule has 0 amide bonds. The molecule has 2 unspecified atom stereocenters. The average molecular weight is 319 g/mol. The highest BCUT2D eigenvalue weighted by molar-refractivity contribution is 5.26. The van der Waals surface area contributed by atoms with Crippen LogP contribution in [0, 0.1) is 18.3 Å². The normalized spacial score (nSPS) is 21.3. The first kappa shape index (κ1) is 16.7. The van der Waals surface area contributed by atoms with Gasteiger partial charge in [0, 0.05) is 25.7 Å². The molecule has 3 heteroatoms. The Labute approximate surface area is 144 Å². The lowest BCUT2D eigenvalue weighted by atomic mass is 9.87. The fraction of sp³-hybridized carbons (Fsp3) is 0.381. The molecule has 1 N–H and O–H groups in total. The molecular weight excluding hydrogens is 294 g/mol. The number of hydrogen-bond donors (Lipinski definition) is 1. The van der Waals surface area contributed by atoms with E-state index in [1.165, 1.54) is 16.7 Å². The maximum Gasteiger partial charge on any atom is 0.0866 e. The van der Waals surface area contributed by atoms with Crippen LogP contribution in [0.25, 0.3) is 0 Å². The van der Waals surface area contributed by atoms with Crippen LogP contribution in [-0.4, -0.2) is 30.6 Å². The molecule has 0 aromatic heterocycles. The van der Waals surface area contributed by atoms with Gasteiger partial charge in [-0.1, -0.05) is 60.2 Å². The number of nitrogens with one attached hydrogen (secondary N) is 1. The van der Waals surface area contributed by atoms with Crippen molar-refractivity contribution in [3.63, 3.8) is 0 Å². The fourth-order valence-electron chi connectivity index (χ4n) is 3.51. The number of benzene rings is 2. The highest BCUT2D eigenvalue weighted by Gasteiger charge is 2.27. The summed E-state index contributed by atoms with van der Waals surface area (Å²) >= 11 is 0. The predicted molar refractivity (Wildman–Crippen MR) is 97.7 cm³/mol. The molecule has 1 saturated heterocycles. The van der Waals surface area contributed by atoms with Crippen LogP contribution in [0.1, 0.15) is 29.0 Å². The number of nitrogens with zero attached hydrogens (tertiary/aromatic N) is 2. The Morgan fingerprint density at radius 1 is 1.08 bits per heavy atom. The summed E-state index contributed by atoms with van der Waals surface area (Å²) in [6.45, 7) is 5.43. The minimum Gasteiger partial charge on any atom is -0.309 e. The van der Waals surface area contributed by atoms with Gasteiger partial charge in [-0.3, -0.25) is 4.90 Å². The second kappa shape index (κ2) is 8.10. The van der Waals surface area contributed by atoms with Gasteiger partial charge in [0.15, 0.2) is 0 Å². The second-order valence-electron chi connectivity index (χ2n) is 6.76. The van der Waals surface area contributed by atoms with Gasteiger partial charge in [-0.25, -0.2) is 0 Å². The highest BCUT2D eigenvalue weighted by atomic mass is 15.2. The molecule has 1 aliphatic rings. The lowest BCUT2D eigenvalue weighted by Gasteiger charge is -2.37. The maximum atomic E-state index is 9.09. The largest absolute Gasteiger partial charge is 0.309 e. The zero-order valence-corrected chi connectivity index (χ0v) is 14.3. The number of likely N-dealkylation sites (tertiary alicyclic amines) is 1. The van der Waals surface area contributed by atoms with Gasteiger partial charge in [0.25, 0.3) is 0 Å². The molecule has 0 radical (unpaired) electrons. The Morgan fingerprint density at radius 2 is 1.83 bits per heavy atom. The van der Waals surface area contributed by atoms with Crippen molar-refractivity contribution >= 4 is 0 Å².